The number of nitrogens with zero attached hydrogens (tertiary/aromatic N) is 2. The van der Waals surface area contributed by atoms with Gasteiger partial charge in [0.1, 0.15) is 0 Å². The lowest BCUT2D eigenvalue weighted by molar-refractivity contribution is 0.660. The van der Waals surface area contributed by atoms with Crippen LogP contribution in [0.2, 0.25) is 0 Å². The summed E-state index contributed by atoms with van der Waals surface area (Å²) in [6.45, 7) is 6.88. The number of hydrogen-bond acceptors (Lipinski definition) is 1. The zero-order valence-corrected chi connectivity index (χ0v) is 30.8. The van der Waals surface area contributed by atoms with Crippen molar-refractivity contribution in [3.8, 4) is 39.1 Å². The monoisotopic (exact) mass is 692 g/mol. The highest BCUT2D eigenvalue weighted by atomic mass is 15.1. The lowest BCUT2D eigenvalue weighted by Gasteiger charge is -2.28. The molecule has 258 valence electrons. The summed E-state index contributed by atoms with van der Waals surface area (Å²) >= 11 is 0. The summed E-state index contributed by atoms with van der Waals surface area (Å²) in [4.78, 5) is 2.40. The van der Waals surface area contributed by atoms with Gasteiger partial charge in [-0.05, 0) is 124 Å². The number of rotatable bonds is 6. The first-order chi connectivity index (χ1) is 26.4. The van der Waals surface area contributed by atoms with Crippen molar-refractivity contribution >= 4 is 38.9 Å². The van der Waals surface area contributed by atoms with Crippen molar-refractivity contribution in [3.05, 3.63) is 205 Å². The molecule has 0 fully saturated rings. The van der Waals surface area contributed by atoms with Crippen LogP contribution in [-0.4, -0.2) is 4.57 Å². The molecule has 1 aliphatic carbocycles. The van der Waals surface area contributed by atoms with Crippen molar-refractivity contribution in [3.63, 3.8) is 0 Å². The Morgan fingerprint density at radius 1 is 0.407 bits per heavy atom. The molecule has 0 amide bonds. The Balaban J connectivity index is 1.07. The summed E-state index contributed by atoms with van der Waals surface area (Å²) in [6.07, 6.45) is 0. The van der Waals surface area contributed by atoms with Crippen LogP contribution < -0.4 is 4.90 Å². The highest BCUT2D eigenvalue weighted by Gasteiger charge is 2.35. The van der Waals surface area contributed by atoms with Crippen LogP contribution in [0.25, 0.3) is 60.9 Å². The Morgan fingerprint density at radius 2 is 0.926 bits per heavy atom. The normalized spacial score (nSPS) is 12.9. The number of benzene rings is 8. The van der Waals surface area contributed by atoms with Gasteiger partial charge in [0, 0.05) is 38.9 Å². The minimum atomic E-state index is -0.0878. The van der Waals surface area contributed by atoms with E-state index in [-0.39, 0.29) is 5.41 Å². The minimum Gasteiger partial charge on any atom is -0.310 e. The number of aromatic nitrogens is 1. The molecular weight excluding hydrogens is 653 g/mol. The van der Waals surface area contributed by atoms with Gasteiger partial charge in [0.2, 0.25) is 0 Å². The summed E-state index contributed by atoms with van der Waals surface area (Å²) in [6, 6.07) is 68.9. The zero-order valence-electron chi connectivity index (χ0n) is 30.8. The van der Waals surface area contributed by atoms with E-state index in [4.69, 9.17) is 0 Å². The van der Waals surface area contributed by atoms with Crippen molar-refractivity contribution in [1.82, 2.24) is 4.57 Å². The Morgan fingerprint density at radius 3 is 1.63 bits per heavy atom. The molecule has 0 spiro atoms. The Labute approximate surface area is 317 Å². The quantitative estimate of drug-likeness (QED) is 0.168. The number of hydrogen-bond donors (Lipinski definition) is 0. The molecule has 9 aromatic rings. The topological polar surface area (TPSA) is 8.17 Å². The molecule has 0 saturated heterocycles. The van der Waals surface area contributed by atoms with E-state index >= 15 is 0 Å². The second-order valence-electron chi connectivity index (χ2n) is 15.1. The maximum Gasteiger partial charge on any atom is 0.0541 e. The maximum absolute atomic E-state index is 2.41. The molecule has 0 bridgehead atoms. The second kappa shape index (κ2) is 12.5. The molecule has 0 unspecified atom stereocenters. The first kappa shape index (κ1) is 32.0. The van der Waals surface area contributed by atoms with Crippen LogP contribution in [0.3, 0.4) is 0 Å². The van der Waals surface area contributed by atoms with E-state index in [2.05, 4.69) is 218 Å². The van der Waals surface area contributed by atoms with E-state index < -0.39 is 0 Å². The Kier molecular flexibility index (Phi) is 7.42. The lowest BCUT2D eigenvalue weighted by Crippen LogP contribution is -2.16. The average molecular weight is 693 g/mol. The highest BCUT2D eigenvalue weighted by molar-refractivity contribution is 6.10. The van der Waals surface area contributed by atoms with Gasteiger partial charge >= 0.3 is 0 Å². The van der Waals surface area contributed by atoms with E-state index in [0.29, 0.717) is 0 Å². The van der Waals surface area contributed by atoms with Crippen molar-refractivity contribution in [2.75, 3.05) is 4.90 Å². The van der Waals surface area contributed by atoms with Crippen LogP contribution in [-0.2, 0) is 5.41 Å². The van der Waals surface area contributed by atoms with Gasteiger partial charge in [-0.15, -0.1) is 0 Å². The first-order valence-electron chi connectivity index (χ1n) is 18.8. The van der Waals surface area contributed by atoms with Crippen LogP contribution in [0, 0.1) is 6.92 Å². The zero-order chi connectivity index (χ0) is 36.4. The molecule has 1 aromatic heterocycles. The number of anilines is 3. The van der Waals surface area contributed by atoms with Gasteiger partial charge in [-0.3, -0.25) is 0 Å². The van der Waals surface area contributed by atoms with E-state index in [1.54, 1.807) is 0 Å². The van der Waals surface area contributed by atoms with Gasteiger partial charge in [-0.1, -0.05) is 135 Å². The summed E-state index contributed by atoms with van der Waals surface area (Å²) < 4.78 is 2.38. The van der Waals surface area contributed by atoms with Crippen LogP contribution in [0.1, 0.15) is 30.5 Å². The van der Waals surface area contributed by atoms with Gasteiger partial charge in [0.25, 0.3) is 0 Å². The molecular formula is C52H40N2. The molecule has 2 nitrogen and oxygen atoms in total. The summed E-state index contributed by atoms with van der Waals surface area (Å²) in [5.41, 5.74) is 18.4. The third-order valence-corrected chi connectivity index (χ3v) is 11.5. The van der Waals surface area contributed by atoms with Crippen molar-refractivity contribution in [1.29, 1.82) is 0 Å². The highest BCUT2D eigenvalue weighted by Crippen LogP contribution is 2.50. The number of aryl methyl sites for hydroxylation is 1. The van der Waals surface area contributed by atoms with Gasteiger partial charge in [0.05, 0.1) is 11.0 Å². The standard InChI is InChI=1S/C52H40N2/c1-35-18-30-50-46(32-35)47-33-39(23-31-51(47)54(50)40-14-8-5-9-15-40)38-21-26-42(27-22-38)53(41-24-19-37(20-25-41)36-12-6-4-7-13-36)43-28-29-45-44-16-10-11-17-48(44)52(2,3)49(45)34-43/h4-34H,1-3H3. The van der Waals surface area contributed by atoms with Gasteiger partial charge < -0.3 is 9.47 Å². The predicted molar refractivity (Wildman–Crippen MR) is 229 cm³/mol. The van der Waals surface area contributed by atoms with E-state index in [9.17, 15) is 0 Å². The molecule has 0 saturated carbocycles. The largest absolute Gasteiger partial charge is 0.310 e. The minimum absolute atomic E-state index is 0.0878. The summed E-state index contributed by atoms with van der Waals surface area (Å²) in [5.74, 6) is 0. The third kappa shape index (κ3) is 5.17. The smallest absolute Gasteiger partial charge is 0.0541 e. The van der Waals surface area contributed by atoms with Gasteiger partial charge in [-0.25, -0.2) is 0 Å². The molecule has 2 heteroatoms. The van der Waals surface area contributed by atoms with Crippen LogP contribution in [0.4, 0.5) is 17.1 Å². The third-order valence-electron chi connectivity index (χ3n) is 11.5. The predicted octanol–water partition coefficient (Wildman–Crippen LogP) is 14.2. The molecule has 10 rings (SSSR count). The second-order valence-corrected chi connectivity index (χ2v) is 15.1. The lowest BCUT2D eigenvalue weighted by atomic mass is 9.82. The molecule has 0 N–H and O–H groups in total. The fourth-order valence-electron chi connectivity index (χ4n) is 8.69. The van der Waals surface area contributed by atoms with E-state index in [1.165, 1.54) is 77.6 Å². The number of para-hydroxylation sites is 1. The Hall–Kier alpha value is -6.64. The number of fused-ring (bicyclic) bond motifs is 6. The van der Waals surface area contributed by atoms with Crippen molar-refractivity contribution in [2.24, 2.45) is 0 Å². The molecule has 1 heterocycles. The van der Waals surface area contributed by atoms with Crippen LogP contribution in [0.15, 0.2) is 188 Å². The fourth-order valence-corrected chi connectivity index (χ4v) is 8.69. The molecule has 54 heavy (non-hydrogen) atoms. The van der Waals surface area contributed by atoms with E-state index in [1.807, 2.05) is 0 Å². The van der Waals surface area contributed by atoms with Crippen LogP contribution in [0.5, 0.6) is 0 Å². The van der Waals surface area contributed by atoms with Crippen molar-refractivity contribution < 1.29 is 0 Å². The molecule has 0 atom stereocenters. The first-order valence-corrected chi connectivity index (χ1v) is 18.8. The van der Waals surface area contributed by atoms with Gasteiger partial charge in [0.15, 0.2) is 0 Å². The van der Waals surface area contributed by atoms with E-state index in [0.717, 1.165) is 17.1 Å². The molecule has 8 aromatic carbocycles. The Bertz CT molecular complexity index is 2830. The maximum atomic E-state index is 2.41. The average Bonchev–Trinajstić information content (AvgIpc) is 3.66. The van der Waals surface area contributed by atoms with Crippen LogP contribution >= 0.6 is 0 Å². The fraction of sp³-hybridized carbons (Fsp3) is 0.0769. The SMILES string of the molecule is Cc1ccc2c(c1)c1cc(-c3ccc(N(c4ccc(-c5ccccc5)cc4)c4ccc5c(c4)C(C)(C)c4ccccc4-5)cc3)ccc1n2-c1ccccc1. The summed E-state index contributed by atoms with van der Waals surface area (Å²) in [7, 11) is 0. The molecule has 0 aliphatic heterocycles. The molecule has 0 radical (unpaired) electrons. The molecule has 1 aliphatic rings. The summed E-state index contributed by atoms with van der Waals surface area (Å²) in [5, 5.41) is 2.54. The van der Waals surface area contributed by atoms with Crippen molar-refractivity contribution in [2.45, 2.75) is 26.2 Å². The van der Waals surface area contributed by atoms with Gasteiger partial charge in [-0.2, -0.15) is 0 Å².